The number of nitrogens with zero attached hydrogens (tertiary/aromatic N) is 4. The zero-order chi connectivity index (χ0) is 27.8. The van der Waals surface area contributed by atoms with E-state index in [1.54, 1.807) is 13.2 Å². The summed E-state index contributed by atoms with van der Waals surface area (Å²) in [5.41, 5.74) is 7.85. The van der Waals surface area contributed by atoms with E-state index >= 15 is 0 Å². The summed E-state index contributed by atoms with van der Waals surface area (Å²) < 4.78 is 7.32. The molecule has 0 fully saturated rings. The van der Waals surface area contributed by atoms with Gasteiger partial charge in [-0.25, -0.2) is 5.43 Å². The van der Waals surface area contributed by atoms with Gasteiger partial charge < -0.3 is 4.74 Å². The Morgan fingerprint density at radius 2 is 1.74 bits per heavy atom. The Balaban J connectivity index is 1.47. The van der Waals surface area contributed by atoms with Gasteiger partial charge in [-0.05, 0) is 48.3 Å². The molecular weight excluding hydrogens is 506 g/mol. The molecule has 7 nitrogen and oxygen atoms in total. The van der Waals surface area contributed by atoms with Crippen LogP contribution in [0, 0.1) is 6.92 Å². The first-order valence-corrected chi connectivity index (χ1v) is 13.6. The number of para-hydroxylation sites is 1. The quantitative estimate of drug-likeness (QED) is 0.150. The fourth-order valence-corrected chi connectivity index (χ4v) is 4.61. The van der Waals surface area contributed by atoms with Crippen molar-refractivity contribution in [2.45, 2.75) is 38.3 Å². The van der Waals surface area contributed by atoms with E-state index in [1.807, 2.05) is 54.0 Å². The van der Waals surface area contributed by atoms with Gasteiger partial charge in [-0.3, -0.25) is 9.36 Å². The van der Waals surface area contributed by atoms with Crippen molar-refractivity contribution in [2.75, 3.05) is 12.9 Å². The zero-order valence-electron chi connectivity index (χ0n) is 22.9. The third-order valence-electron chi connectivity index (χ3n) is 6.03. The Hall–Kier alpha value is -4.17. The number of amides is 1. The second-order valence-corrected chi connectivity index (χ2v) is 10.9. The van der Waals surface area contributed by atoms with Gasteiger partial charge in [-0.15, -0.1) is 10.2 Å². The largest absolute Gasteiger partial charge is 0.496 e. The number of allylic oxidation sites excluding steroid dienone is 1. The lowest BCUT2D eigenvalue weighted by Gasteiger charge is -2.19. The fourth-order valence-electron chi connectivity index (χ4n) is 3.86. The first kappa shape index (κ1) is 27.9. The number of hydrogen-bond donors (Lipinski definition) is 1. The maximum Gasteiger partial charge on any atom is 0.250 e. The van der Waals surface area contributed by atoms with Crippen molar-refractivity contribution in [3.05, 3.63) is 95.6 Å². The zero-order valence-corrected chi connectivity index (χ0v) is 23.7. The molecule has 0 aliphatic rings. The van der Waals surface area contributed by atoms with E-state index in [4.69, 9.17) is 4.74 Å². The van der Waals surface area contributed by atoms with Crippen LogP contribution in [-0.2, 0) is 10.2 Å². The summed E-state index contributed by atoms with van der Waals surface area (Å²) in [5, 5.41) is 13.6. The Morgan fingerprint density at radius 3 is 2.44 bits per heavy atom. The monoisotopic (exact) mass is 539 g/mol. The molecule has 0 atom stereocenters. The van der Waals surface area contributed by atoms with Gasteiger partial charge in [0.05, 0.1) is 12.9 Å². The number of nitrogens with one attached hydrogen (secondary N) is 1. The third kappa shape index (κ3) is 7.23. The number of aryl methyl sites for hydroxylation is 1. The van der Waals surface area contributed by atoms with E-state index in [0.717, 1.165) is 34.0 Å². The molecule has 1 heterocycles. The summed E-state index contributed by atoms with van der Waals surface area (Å²) in [6.07, 6.45) is 5.14. The Bertz CT molecular complexity index is 1470. The van der Waals surface area contributed by atoms with Crippen LogP contribution in [0.2, 0.25) is 0 Å². The number of carbonyl (C=O) groups is 1. The van der Waals surface area contributed by atoms with E-state index in [-0.39, 0.29) is 17.1 Å². The van der Waals surface area contributed by atoms with Gasteiger partial charge in [0.15, 0.2) is 11.0 Å². The average molecular weight is 540 g/mol. The number of rotatable bonds is 9. The predicted octanol–water partition coefficient (Wildman–Crippen LogP) is 6.46. The van der Waals surface area contributed by atoms with Gasteiger partial charge >= 0.3 is 0 Å². The number of ether oxygens (including phenoxy) is 1. The standard InChI is InChI=1S/C31H33N5O2S/c1-22-12-18-26(19-13-22)36-29(24-14-16-25(17-15-24)31(2,3)4)34-35-30(36)39-21-28(37)33-32-20-8-10-23-9-6-7-11-27(23)38-5/h6-20H,21H2,1-5H3,(H,33,37)/b10-8+,32-20+. The van der Waals surface area contributed by atoms with Crippen LogP contribution >= 0.6 is 11.8 Å². The van der Waals surface area contributed by atoms with Gasteiger partial charge in [-0.2, -0.15) is 5.10 Å². The van der Waals surface area contributed by atoms with Crippen LogP contribution in [-0.4, -0.2) is 39.7 Å². The third-order valence-corrected chi connectivity index (χ3v) is 6.96. The summed E-state index contributed by atoms with van der Waals surface area (Å²) in [7, 11) is 1.63. The molecular formula is C31H33N5O2S. The molecule has 0 bridgehead atoms. The molecule has 4 rings (SSSR count). The van der Waals surface area contributed by atoms with Crippen LogP contribution < -0.4 is 10.2 Å². The van der Waals surface area contributed by atoms with E-state index in [9.17, 15) is 4.79 Å². The number of benzene rings is 3. The van der Waals surface area contributed by atoms with Crippen LogP contribution in [0.15, 0.2) is 89.1 Å². The Labute approximate surface area is 234 Å². The SMILES string of the molecule is COc1ccccc1/C=C/C=N/NC(=O)CSc1nnc(-c2ccc(C(C)(C)C)cc2)n1-c1ccc(C)cc1. The minimum Gasteiger partial charge on any atom is -0.496 e. The second kappa shape index (κ2) is 12.6. The van der Waals surface area contributed by atoms with Crippen molar-refractivity contribution in [1.82, 2.24) is 20.2 Å². The highest BCUT2D eigenvalue weighted by molar-refractivity contribution is 7.99. The van der Waals surface area contributed by atoms with Crippen LogP contribution in [0.4, 0.5) is 0 Å². The highest BCUT2D eigenvalue weighted by Gasteiger charge is 2.19. The maximum atomic E-state index is 12.5. The smallest absolute Gasteiger partial charge is 0.250 e. The second-order valence-electron chi connectivity index (χ2n) is 10.0. The molecule has 0 aliphatic carbocycles. The molecule has 0 radical (unpaired) electrons. The topological polar surface area (TPSA) is 81.4 Å². The number of carbonyl (C=O) groups excluding carboxylic acids is 1. The van der Waals surface area contributed by atoms with Crippen molar-refractivity contribution in [1.29, 1.82) is 0 Å². The lowest BCUT2D eigenvalue weighted by molar-refractivity contribution is -0.118. The fraction of sp³-hybridized carbons (Fsp3) is 0.226. The molecule has 1 amide bonds. The number of thioether (sulfide) groups is 1. The molecule has 0 aliphatic heterocycles. The Kier molecular flexibility index (Phi) is 8.99. The molecule has 8 heteroatoms. The minimum absolute atomic E-state index is 0.0597. The Morgan fingerprint density at radius 1 is 1.03 bits per heavy atom. The van der Waals surface area contributed by atoms with E-state index in [0.29, 0.717) is 5.16 Å². The average Bonchev–Trinajstić information content (AvgIpc) is 3.36. The highest BCUT2D eigenvalue weighted by Crippen LogP contribution is 2.30. The normalized spacial score (nSPS) is 11.8. The predicted molar refractivity (Wildman–Crippen MR) is 160 cm³/mol. The first-order valence-electron chi connectivity index (χ1n) is 12.6. The van der Waals surface area contributed by atoms with Gasteiger partial charge in [0.2, 0.25) is 0 Å². The lowest BCUT2D eigenvalue weighted by Crippen LogP contribution is -2.19. The van der Waals surface area contributed by atoms with E-state index in [2.05, 4.69) is 77.9 Å². The van der Waals surface area contributed by atoms with Crippen LogP contribution in [0.5, 0.6) is 5.75 Å². The number of methoxy groups -OCH3 is 1. The molecule has 200 valence electrons. The highest BCUT2D eigenvalue weighted by atomic mass is 32.2. The van der Waals surface area contributed by atoms with Crippen LogP contribution in [0.1, 0.15) is 37.5 Å². The lowest BCUT2D eigenvalue weighted by atomic mass is 9.87. The van der Waals surface area contributed by atoms with Crippen molar-refractivity contribution >= 4 is 30.0 Å². The van der Waals surface area contributed by atoms with Crippen molar-refractivity contribution in [3.63, 3.8) is 0 Å². The minimum atomic E-state index is -0.239. The molecule has 0 saturated carbocycles. The van der Waals surface area contributed by atoms with Gasteiger partial charge in [0, 0.05) is 23.0 Å². The summed E-state index contributed by atoms with van der Waals surface area (Å²) in [5.74, 6) is 1.39. The summed E-state index contributed by atoms with van der Waals surface area (Å²) in [4.78, 5) is 12.5. The van der Waals surface area contributed by atoms with E-state index < -0.39 is 0 Å². The molecule has 1 aromatic heterocycles. The summed E-state index contributed by atoms with van der Waals surface area (Å²) >= 11 is 1.31. The molecule has 0 saturated heterocycles. The number of aromatic nitrogens is 3. The van der Waals surface area contributed by atoms with Gasteiger partial charge in [0.1, 0.15) is 5.75 Å². The first-order chi connectivity index (χ1) is 18.8. The van der Waals surface area contributed by atoms with Crippen molar-refractivity contribution in [2.24, 2.45) is 5.10 Å². The summed E-state index contributed by atoms with van der Waals surface area (Å²) in [6, 6.07) is 24.2. The van der Waals surface area contributed by atoms with E-state index in [1.165, 1.54) is 23.5 Å². The summed E-state index contributed by atoms with van der Waals surface area (Å²) in [6.45, 7) is 8.63. The van der Waals surface area contributed by atoms with Crippen molar-refractivity contribution < 1.29 is 9.53 Å². The van der Waals surface area contributed by atoms with Crippen LogP contribution in [0.25, 0.3) is 23.2 Å². The molecule has 1 N–H and O–H groups in total. The maximum absolute atomic E-state index is 12.5. The molecule has 3 aromatic carbocycles. The molecule has 39 heavy (non-hydrogen) atoms. The van der Waals surface area contributed by atoms with Gasteiger partial charge in [-0.1, -0.05) is 92.7 Å². The molecule has 0 unspecified atom stereocenters. The molecule has 0 spiro atoms. The molecule has 4 aromatic rings. The van der Waals surface area contributed by atoms with Crippen LogP contribution in [0.3, 0.4) is 0 Å². The van der Waals surface area contributed by atoms with Gasteiger partial charge in [0.25, 0.3) is 5.91 Å². The van der Waals surface area contributed by atoms with Crippen molar-refractivity contribution in [3.8, 4) is 22.8 Å². The number of hydrogen-bond acceptors (Lipinski definition) is 6. The number of hydrazone groups is 1.